The Morgan fingerprint density at radius 3 is 2.50 bits per heavy atom. The Morgan fingerprint density at radius 2 is 2.38 bits per heavy atom. The average molecular weight is 149 g/mol. The third-order valence-corrected chi connectivity index (χ3v) is 0.630. The molecular formula is C2H6NaO4S-. The zero-order chi connectivity index (χ0) is 5.70. The van der Waals surface area contributed by atoms with E-state index in [1.54, 1.807) is 0 Å². The van der Waals surface area contributed by atoms with Gasteiger partial charge in [0.25, 0.3) is 0 Å². The predicted octanol–water partition coefficient (Wildman–Crippen LogP) is -4.09. The number of hydrogen-bond donors (Lipinski definition) is 1. The Balaban J connectivity index is -0.000000180. The van der Waals surface area contributed by atoms with Crippen LogP contribution < -0.4 is 29.6 Å². The van der Waals surface area contributed by atoms with Gasteiger partial charge in [0.15, 0.2) is 0 Å². The van der Waals surface area contributed by atoms with E-state index >= 15 is 0 Å². The van der Waals surface area contributed by atoms with Gasteiger partial charge in [-0.25, -0.2) is 4.21 Å². The van der Waals surface area contributed by atoms with Gasteiger partial charge < -0.3 is 11.1 Å². The fourth-order valence-corrected chi connectivity index (χ4v) is 0.316. The van der Waals surface area contributed by atoms with Crippen molar-refractivity contribution in [1.29, 1.82) is 0 Å². The van der Waals surface area contributed by atoms with Crippen molar-refractivity contribution < 1.29 is 49.0 Å². The van der Waals surface area contributed by atoms with Gasteiger partial charge in [-0.3, -0.25) is 4.18 Å². The van der Waals surface area contributed by atoms with Gasteiger partial charge in [0, 0.05) is 0 Å². The molecule has 1 unspecified atom stereocenters. The van der Waals surface area contributed by atoms with E-state index in [-0.39, 0.29) is 44.2 Å². The zero-order valence-electron chi connectivity index (χ0n) is 5.49. The van der Waals surface area contributed by atoms with E-state index in [2.05, 4.69) is 4.18 Å². The molecule has 0 aliphatic heterocycles. The van der Waals surface area contributed by atoms with Gasteiger partial charge in [0.2, 0.25) is 0 Å². The van der Waals surface area contributed by atoms with E-state index < -0.39 is 11.4 Å². The predicted molar refractivity (Wildman–Crippen MR) is 23.1 cm³/mol. The molecule has 0 aromatic heterocycles. The number of rotatable bonds is 3. The summed E-state index contributed by atoms with van der Waals surface area (Å²) in [5.74, 6) is 0. The standard InChI is InChI=1S/C2H6O4S.Na.H/c3-1-2-6-7(4)5;;/h3H,1-2H2,(H,4,5);;/q;+1;-1/p-1. The Kier molecular flexibility index (Phi) is 11.8. The van der Waals surface area contributed by atoms with Gasteiger partial charge in [0.1, 0.15) is 0 Å². The second kappa shape index (κ2) is 8.03. The minimum absolute atomic E-state index is 0. The summed E-state index contributed by atoms with van der Waals surface area (Å²) in [6.45, 7) is -0.426. The molecule has 0 amide bonds. The quantitative estimate of drug-likeness (QED) is 0.327. The van der Waals surface area contributed by atoms with Crippen LogP contribution in [-0.4, -0.2) is 27.1 Å². The molecule has 0 aliphatic rings. The molecule has 0 heterocycles. The molecule has 0 aromatic rings. The largest absolute Gasteiger partial charge is 1.00 e. The SMILES string of the molecule is O=S([O-])OCCO.[H-].[Na+]. The molecule has 8 heavy (non-hydrogen) atoms. The van der Waals surface area contributed by atoms with Crippen LogP contribution in [0.25, 0.3) is 0 Å². The van der Waals surface area contributed by atoms with Crippen molar-refractivity contribution in [2.75, 3.05) is 13.2 Å². The average Bonchev–Trinajstić information content (AvgIpc) is 1.61. The van der Waals surface area contributed by atoms with Crippen LogP contribution in [0.4, 0.5) is 0 Å². The molecule has 4 nitrogen and oxygen atoms in total. The maximum absolute atomic E-state index is 9.42. The summed E-state index contributed by atoms with van der Waals surface area (Å²) in [5.41, 5.74) is 0. The van der Waals surface area contributed by atoms with Gasteiger partial charge in [-0.05, 0) is 0 Å². The maximum Gasteiger partial charge on any atom is 1.00 e. The molecule has 0 aliphatic carbocycles. The van der Waals surface area contributed by atoms with Crippen molar-refractivity contribution in [3.8, 4) is 0 Å². The van der Waals surface area contributed by atoms with Crippen LogP contribution in [-0.2, 0) is 15.5 Å². The Hall–Kier alpha value is 1.03. The summed E-state index contributed by atoms with van der Waals surface area (Å²) in [4.78, 5) is 0. The van der Waals surface area contributed by atoms with Crippen molar-refractivity contribution in [2.45, 2.75) is 0 Å². The molecule has 0 aromatic carbocycles. The molecule has 0 spiro atoms. The molecule has 0 saturated carbocycles. The van der Waals surface area contributed by atoms with E-state index in [0.29, 0.717) is 0 Å². The number of aliphatic hydroxyl groups is 1. The van der Waals surface area contributed by atoms with Crippen LogP contribution in [0.5, 0.6) is 0 Å². The maximum atomic E-state index is 9.42. The van der Waals surface area contributed by atoms with E-state index in [4.69, 9.17) is 5.11 Å². The van der Waals surface area contributed by atoms with E-state index in [9.17, 15) is 8.76 Å². The first-order valence-corrected chi connectivity index (χ1v) is 2.60. The molecule has 0 rings (SSSR count). The Labute approximate surface area is 73.5 Å². The second-order valence-electron chi connectivity index (χ2n) is 0.750. The van der Waals surface area contributed by atoms with Crippen molar-refractivity contribution in [2.24, 2.45) is 0 Å². The van der Waals surface area contributed by atoms with E-state index in [0.717, 1.165) is 0 Å². The van der Waals surface area contributed by atoms with Crippen LogP contribution in [0.15, 0.2) is 0 Å². The molecule has 0 radical (unpaired) electrons. The molecule has 0 saturated heterocycles. The monoisotopic (exact) mass is 149 g/mol. The summed E-state index contributed by atoms with van der Waals surface area (Å²) in [6, 6.07) is 0. The first kappa shape index (κ1) is 11.8. The van der Waals surface area contributed by atoms with Crippen molar-refractivity contribution in [1.82, 2.24) is 0 Å². The van der Waals surface area contributed by atoms with E-state index in [1.165, 1.54) is 0 Å². The number of aliphatic hydroxyl groups excluding tert-OH is 1. The van der Waals surface area contributed by atoms with Gasteiger partial charge in [0.05, 0.1) is 24.6 Å². The van der Waals surface area contributed by atoms with Crippen molar-refractivity contribution >= 4 is 11.4 Å². The Bertz CT molecular complexity index is 71.6. The molecule has 0 fully saturated rings. The third kappa shape index (κ3) is 10.1. The summed E-state index contributed by atoms with van der Waals surface area (Å²) in [6.07, 6.45) is 0. The summed E-state index contributed by atoms with van der Waals surface area (Å²) in [7, 11) is 0. The molecular weight excluding hydrogens is 143 g/mol. The van der Waals surface area contributed by atoms with Gasteiger partial charge in [-0.15, -0.1) is 0 Å². The van der Waals surface area contributed by atoms with Crippen LogP contribution in [0.2, 0.25) is 0 Å². The summed E-state index contributed by atoms with van der Waals surface area (Å²) in [5, 5.41) is 7.92. The number of hydrogen-bond acceptors (Lipinski definition) is 4. The molecule has 1 N–H and O–H groups in total. The summed E-state index contributed by atoms with van der Waals surface area (Å²) >= 11 is -2.48. The van der Waals surface area contributed by atoms with Crippen LogP contribution in [0.3, 0.4) is 0 Å². The molecule has 0 bridgehead atoms. The molecule has 6 heteroatoms. The van der Waals surface area contributed by atoms with Gasteiger partial charge >= 0.3 is 29.6 Å². The smallest absolute Gasteiger partial charge is 1.00 e. The van der Waals surface area contributed by atoms with E-state index in [1.807, 2.05) is 0 Å². The third-order valence-electron chi connectivity index (χ3n) is 0.271. The topological polar surface area (TPSA) is 69.6 Å². The van der Waals surface area contributed by atoms with Gasteiger partial charge in [-0.2, -0.15) is 0 Å². The first-order valence-electron chi connectivity index (χ1n) is 1.60. The minimum Gasteiger partial charge on any atom is -1.00 e. The first-order chi connectivity index (χ1) is 3.27. The summed E-state index contributed by atoms with van der Waals surface area (Å²) < 4.78 is 22.7. The zero-order valence-corrected chi connectivity index (χ0v) is 7.31. The Morgan fingerprint density at radius 1 is 1.88 bits per heavy atom. The minimum atomic E-state index is -2.48. The molecule has 1 atom stereocenters. The molecule has 46 valence electrons. The van der Waals surface area contributed by atoms with Crippen LogP contribution >= 0.6 is 0 Å². The van der Waals surface area contributed by atoms with Crippen molar-refractivity contribution in [3.63, 3.8) is 0 Å². The normalized spacial score (nSPS) is 12.2. The van der Waals surface area contributed by atoms with Crippen LogP contribution in [0, 0.1) is 0 Å². The fourth-order valence-electron chi connectivity index (χ4n) is 0.105. The van der Waals surface area contributed by atoms with Crippen LogP contribution in [0.1, 0.15) is 1.43 Å². The second-order valence-corrected chi connectivity index (χ2v) is 1.39. The van der Waals surface area contributed by atoms with Crippen molar-refractivity contribution in [3.05, 3.63) is 0 Å². The fraction of sp³-hybridized carbons (Fsp3) is 1.00. The van der Waals surface area contributed by atoms with Gasteiger partial charge in [-0.1, -0.05) is 0 Å².